The average molecular weight is 174 g/mol. The third-order valence-corrected chi connectivity index (χ3v) is 0. The summed E-state index contributed by atoms with van der Waals surface area (Å²) in [7, 11) is -3.13. The van der Waals surface area contributed by atoms with Gasteiger partial charge in [0.1, 0.15) is 0 Å². The summed E-state index contributed by atoms with van der Waals surface area (Å²) >= 11 is 0. The Morgan fingerprint density at radius 3 is 1.29 bits per heavy atom. The molecule has 0 bridgehead atoms. The molecule has 7 heteroatoms. The fourth-order valence-electron chi connectivity index (χ4n) is 0. The predicted octanol–water partition coefficient (Wildman–Crippen LogP) is -2.05. The Kier molecular flexibility index (Phi) is 51.4. The molecule has 4 N–H and O–H groups in total. The van der Waals surface area contributed by atoms with Crippen LogP contribution in [0.2, 0.25) is 0 Å². The van der Waals surface area contributed by atoms with E-state index >= 15 is 0 Å². The van der Waals surface area contributed by atoms with Gasteiger partial charge in [-0.1, -0.05) is 0 Å². The molecule has 4 nitrogen and oxygen atoms in total. The summed E-state index contributed by atoms with van der Waals surface area (Å²) in [5.41, 5.74) is 0. The second kappa shape index (κ2) is 15.7. The number of rotatable bonds is 0. The van der Waals surface area contributed by atoms with Crippen LogP contribution < -0.4 is 0 Å². The second-order valence-corrected chi connectivity index (χ2v) is 0.848. The third kappa shape index (κ3) is 65.9. The van der Waals surface area contributed by atoms with Crippen molar-refractivity contribution in [3.8, 4) is 0 Å². The summed E-state index contributed by atoms with van der Waals surface area (Å²) < 4.78 is 8.74. The van der Waals surface area contributed by atoms with Crippen LogP contribution in [0.3, 0.4) is 0 Å². The molecule has 0 saturated heterocycles. The first kappa shape index (κ1) is 22.9. The van der Waals surface area contributed by atoms with Crippen molar-refractivity contribution in [3.05, 3.63) is 0 Å². The van der Waals surface area contributed by atoms with Crippen molar-refractivity contribution in [2.24, 2.45) is 0 Å². The summed E-state index contributed by atoms with van der Waals surface area (Å²) in [6, 6.07) is 0. The van der Waals surface area contributed by atoms with Gasteiger partial charge < -0.3 is 15.3 Å². The molecule has 0 radical (unpaired) electrons. The molecule has 0 aliphatic carbocycles. The molecule has 0 aromatic heterocycles. The molecule has 0 heterocycles. The maximum atomic E-state index is 8.74. The Morgan fingerprint density at radius 1 is 1.29 bits per heavy atom. The van der Waals surface area contributed by atoms with Crippen LogP contribution in [0.4, 0.5) is 0 Å². The molecule has 0 aliphatic heterocycles. The predicted molar refractivity (Wildman–Crippen MR) is 35.3 cm³/mol. The van der Waals surface area contributed by atoms with Gasteiger partial charge in [0.05, 0.1) is 0 Å². The topological polar surface area (TPSA) is 89.0 Å². The molecule has 0 aromatic carbocycles. The molecule has 0 saturated carbocycles. The number of hydrogen-bond acceptors (Lipinski definition) is 1. The number of hydrogen-bond donors (Lipinski definition) is 2. The zero-order valence-electron chi connectivity index (χ0n) is 3.01. The van der Waals surface area contributed by atoms with Gasteiger partial charge in [0.15, 0.2) is 0 Å². The quantitative estimate of drug-likeness (QED) is 0.327. The van der Waals surface area contributed by atoms with Crippen LogP contribution in [0, 0.1) is 0 Å². The molecule has 0 fully saturated rings. The van der Waals surface area contributed by atoms with Crippen LogP contribution in [0.5, 0.6) is 0 Å². The van der Waals surface area contributed by atoms with Crippen LogP contribution in [0.1, 0.15) is 0 Å². The van der Waals surface area contributed by atoms with Gasteiger partial charge in [-0.05, 0) is 0 Å². The Morgan fingerprint density at radius 2 is 1.29 bits per heavy atom. The molecule has 0 spiro atoms. The molecular weight excluding hydrogens is 165 g/mol. The van der Waals surface area contributed by atoms with E-state index in [4.69, 9.17) is 14.4 Å². The second-order valence-electron chi connectivity index (χ2n) is 0.283. The van der Waals surface area contributed by atoms with Gasteiger partial charge >= 0.3 is 59.6 Å². The summed E-state index contributed by atoms with van der Waals surface area (Å²) in [5, 5.41) is 0. The molecule has 0 aliphatic rings. The van der Waals surface area contributed by atoms with E-state index in [0.717, 1.165) is 0 Å². The van der Waals surface area contributed by atoms with Gasteiger partial charge in [0, 0.05) is 0 Å². The fourth-order valence-corrected chi connectivity index (χ4v) is 0. The van der Waals surface area contributed by atoms with Crippen molar-refractivity contribution in [1.82, 2.24) is 0 Å². The van der Waals surface area contributed by atoms with E-state index in [1.807, 2.05) is 0 Å². The molecular formula is H9KO4P2. The van der Waals surface area contributed by atoms with Crippen molar-refractivity contribution in [2.75, 3.05) is 0 Å². The van der Waals surface area contributed by atoms with Crippen LogP contribution in [0.25, 0.3) is 0 Å². The van der Waals surface area contributed by atoms with E-state index in [2.05, 4.69) is 0 Å². The van der Waals surface area contributed by atoms with Crippen molar-refractivity contribution in [2.45, 2.75) is 0 Å². The Labute approximate surface area is 88.0 Å². The van der Waals surface area contributed by atoms with Crippen molar-refractivity contribution >= 4 is 69.5 Å². The zero-order valence-corrected chi connectivity index (χ0v) is 5.42. The minimum absolute atomic E-state index is 0. The van der Waals surface area contributed by atoms with Gasteiger partial charge in [-0.15, -0.1) is 0 Å². The van der Waals surface area contributed by atoms with E-state index < -0.39 is 8.25 Å². The van der Waals surface area contributed by atoms with Crippen molar-refractivity contribution < 1.29 is 19.8 Å². The van der Waals surface area contributed by atoms with Crippen LogP contribution in [-0.2, 0) is 4.57 Å². The first-order chi connectivity index (χ1) is 1.73. The standard InChI is InChI=1S/K.H3O3P.H2O.H3P.H/c;1-4(2)3;;;/h;4H,(H2,1,2,3);1H2;1H3;. The SMILES string of the molecule is O.O=[PH](O)O.P.[KH]. The monoisotopic (exact) mass is 174 g/mol. The average Bonchev–Trinajstić information content (AvgIpc) is 0.811. The molecule has 1 atom stereocenters. The molecule has 1 unspecified atom stereocenters. The van der Waals surface area contributed by atoms with Gasteiger partial charge in [0.25, 0.3) is 0 Å². The summed E-state index contributed by atoms with van der Waals surface area (Å²) in [4.78, 5) is 14.3. The van der Waals surface area contributed by atoms with Crippen LogP contribution in [-0.4, -0.2) is 66.6 Å². The van der Waals surface area contributed by atoms with Crippen LogP contribution in [0.15, 0.2) is 0 Å². The van der Waals surface area contributed by atoms with E-state index in [1.54, 1.807) is 0 Å². The minimum atomic E-state index is -3.13. The first-order valence-electron chi connectivity index (χ1n) is 0.651. The van der Waals surface area contributed by atoms with Crippen molar-refractivity contribution in [1.29, 1.82) is 0 Å². The van der Waals surface area contributed by atoms with E-state index in [9.17, 15) is 0 Å². The van der Waals surface area contributed by atoms with E-state index in [1.165, 1.54) is 0 Å². The summed E-state index contributed by atoms with van der Waals surface area (Å²) in [5.74, 6) is 0. The van der Waals surface area contributed by atoms with Gasteiger partial charge in [-0.3, -0.25) is 4.57 Å². The Bertz CT molecular complexity index is 32.7. The van der Waals surface area contributed by atoms with Gasteiger partial charge in [0.2, 0.25) is 0 Å². The van der Waals surface area contributed by atoms with E-state index in [0.29, 0.717) is 0 Å². The Balaban J connectivity index is -0.0000000150. The molecule has 0 rings (SSSR count). The van der Waals surface area contributed by atoms with Gasteiger partial charge in [-0.25, -0.2) is 0 Å². The Hall–Kier alpha value is 2.18. The summed E-state index contributed by atoms with van der Waals surface area (Å²) in [6.07, 6.45) is 0. The van der Waals surface area contributed by atoms with Crippen LogP contribution >= 0.6 is 18.2 Å². The van der Waals surface area contributed by atoms with E-state index in [-0.39, 0.29) is 66.8 Å². The first-order valence-corrected chi connectivity index (χ1v) is 1.95. The third-order valence-electron chi connectivity index (χ3n) is 0. The zero-order chi connectivity index (χ0) is 3.58. The fraction of sp³-hybridized carbons (Fsp3) is 0. The normalized spacial score (nSPS) is 5.00. The maximum absolute atomic E-state index is 8.74. The molecule has 44 valence electrons. The molecule has 0 amide bonds. The summed E-state index contributed by atoms with van der Waals surface area (Å²) in [6.45, 7) is 0. The van der Waals surface area contributed by atoms with Gasteiger partial charge in [-0.2, -0.15) is 9.90 Å². The molecule has 7 heavy (non-hydrogen) atoms. The molecule has 0 aromatic rings. The van der Waals surface area contributed by atoms with Crippen molar-refractivity contribution in [3.63, 3.8) is 0 Å².